The van der Waals surface area contributed by atoms with E-state index in [1.807, 2.05) is 65.8 Å². The summed E-state index contributed by atoms with van der Waals surface area (Å²) in [5.74, 6) is 1.87. The van der Waals surface area contributed by atoms with Gasteiger partial charge in [-0.2, -0.15) is 20.5 Å². The Balaban J connectivity index is 0.000000257. The summed E-state index contributed by atoms with van der Waals surface area (Å²) in [6.07, 6.45) is 2.77. The molecule has 6 rings (SSSR count). The SMILES string of the molecule is CC(C)S(=O)(=O)c1ccccc1Nc1nc(Cl)ncc1Cl.COc1cc(C(C)(C)C#N)c(C)cc1N.COc1cc(C(C)(C)C#N)c(C)cc1Nc1ncc(Cl)c(Nc2ccccc2S(=O)(=O)C(C)C)n1. The van der Waals surface area contributed by atoms with Crippen molar-refractivity contribution in [1.82, 2.24) is 19.9 Å². The molecule has 2 heterocycles. The highest BCUT2D eigenvalue weighted by Gasteiger charge is 2.27. The van der Waals surface area contributed by atoms with Crippen LogP contribution in [-0.2, 0) is 30.5 Å². The van der Waals surface area contributed by atoms with Crippen molar-refractivity contribution >= 4 is 94.8 Å². The first-order chi connectivity index (χ1) is 33.1. The van der Waals surface area contributed by atoms with Crippen molar-refractivity contribution in [3.05, 3.63) is 123 Å². The van der Waals surface area contributed by atoms with E-state index >= 15 is 0 Å². The Labute approximate surface area is 431 Å². The van der Waals surface area contributed by atoms with Crippen LogP contribution in [0.5, 0.6) is 11.5 Å². The van der Waals surface area contributed by atoms with E-state index in [-0.39, 0.29) is 42.7 Å². The van der Waals surface area contributed by atoms with Gasteiger partial charge >= 0.3 is 0 Å². The van der Waals surface area contributed by atoms with Crippen LogP contribution in [0.1, 0.15) is 77.6 Å². The lowest BCUT2D eigenvalue weighted by atomic mass is 9.83. The molecule has 376 valence electrons. The lowest BCUT2D eigenvalue weighted by molar-refractivity contribution is 0.415. The highest BCUT2D eigenvalue weighted by molar-refractivity contribution is 7.92. The third kappa shape index (κ3) is 13.9. The molecule has 0 aliphatic rings. The number of aryl methyl sites for hydroxylation is 2. The zero-order valence-corrected chi connectivity index (χ0v) is 45.3. The molecule has 0 amide bonds. The van der Waals surface area contributed by atoms with Crippen molar-refractivity contribution in [2.24, 2.45) is 0 Å². The monoisotopic (exact) mass is 1060 g/mol. The second-order valence-corrected chi connectivity index (χ2v) is 23.6. The number of nitrogens with one attached hydrogen (secondary N) is 3. The van der Waals surface area contributed by atoms with Crippen LogP contribution in [0.15, 0.2) is 95.0 Å². The van der Waals surface area contributed by atoms with E-state index in [1.165, 1.54) is 18.5 Å². The maximum absolute atomic E-state index is 12.8. The van der Waals surface area contributed by atoms with Gasteiger partial charge in [0.1, 0.15) is 21.5 Å². The number of nitrogens with zero attached hydrogens (tertiary/aromatic N) is 6. The number of benzene rings is 4. The zero-order valence-electron chi connectivity index (χ0n) is 41.4. The number of halogens is 3. The van der Waals surface area contributed by atoms with Crippen LogP contribution in [0.3, 0.4) is 0 Å². The Hall–Kier alpha value is -6.41. The van der Waals surface area contributed by atoms with Crippen molar-refractivity contribution in [3.8, 4) is 23.6 Å². The van der Waals surface area contributed by atoms with Gasteiger partial charge < -0.3 is 31.2 Å². The smallest absolute Gasteiger partial charge is 0.229 e. The van der Waals surface area contributed by atoms with Crippen LogP contribution in [0.4, 0.5) is 40.3 Å². The summed E-state index contributed by atoms with van der Waals surface area (Å²) in [5, 5.41) is 27.0. The number of nitrogens with two attached hydrogens (primary N) is 1. The molecule has 21 heteroatoms. The average molecular weight is 1060 g/mol. The average Bonchev–Trinajstić information content (AvgIpc) is 3.31. The van der Waals surface area contributed by atoms with Crippen molar-refractivity contribution in [2.45, 2.75) is 100 Å². The summed E-state index contributed by atoms with van der Waals surface area (Å²) >= 11 is 18.0. The number of nitriles is 2. The molecule has 0 bridgehead atoms. The van der Waals surface area contributed by atoms with Gasteiger partial charge in [0, 0.05) is 0 Å². The fraction of sp³-hybridized carbons (Fsp3) is 0.320. The Morgan fingerprint density at radius 3 is 1.49 bits per heavy atom. The number of hydrogen-bond acceptors (Lipinski definition) is 16. The molecule has 16 nitrogen and oxygen atoms in total. The first-order valence-corrected chi connectivity index (χ1v) is 26.0. The number of anilines is 7. The first-order valence-electron chi connectivity index (χ1n) is 21.8. The van der Waals surface area contributed by atoms with E-state index in [0.717, 1.165) is 22.3 Å². The number of sulfone groups is 2. The fourth-order valence-electron chi connectivity index (χ4n) is 6.78. The third-order valence-corrected chi connectivity index (χ3v) is 16.0. The van der Waals surface area contributed by atoms with Gasteiger partial charge in [-0.25, -0.2) is 26.8 Å². The van der Waals surface area contributed by atoms with E-state index in [0.29, 0.717) is 34.2 Å². The van der Waals surface area contributed by atoms with Crippen LogP contribution in [0.2, 0.25) is 15.3 Å². The number of para-hydroxylation sites is 2. The first kappa shape index (κ1) is 57.2. The predicted molar refractivity (Wildman–Crippen MR) is 284 cm³/mol. The fourth-order valence-corrected chi connectivity index (χ4v) is 9.59. The topological polar surface area (TPSA) is 248 Å². The maximum atomic E-state index is 12.8. The largest absolute Gasteiger partial charge is 0.495 e. The standard InChI is InChI=1S/C25H28ClN5O3S.C13H13Cl2N3O2S.C12H16N2O/c1-15(2)35(32,33)22-10-8-7-9-19(22)29-23-18(26)13-28-24(31-23)30-20-11-16(3)17(12-21(20)34-6)25(4,5)14-27;1-8(2)21(19,20)11-6-4-3-5-10(11)17-12-9(14)7-16-13(15)18-12;1-8-5-10(14)11(15-4)6-9(8)12(2,3)7-13/h7-13,15H,1-6H3,(H2,28,29,30,31);3-8H,1-2H3,(H,16,17,18);5-6H,14H2,1-4H3. The Bertz CT molecular complexity index is 3210. The van der Waals surface area contributed by atoms with E-state index < -0.39 is 41.0 Å². The molecule has 71 heavy (non-hydrogen) atoms. The molecule has 6 aromatic rings. The Morgan fingerprint density at radius 1 is 0.620 bits per heavy atom. The number of hydrogen-bond donors (Lipinski definition) is 4. The molecule has 0 aliphatic heterocycles. The molecule has 2 aromatic heterocycles. The molecule has 0 radical (unpaired) electrons. The lowest BCUT2D eigenvalue weighted by Gasteiger charge is -2.21. The maximum Gasteiger partial charge on any atom is 0.229 e. The molecule has 0 fully saturated rings. The van der Waals surface area contributed by atoms with Crippen LogP contribution in [0, 0.1) is 36.5 Å². The molecule has 0 saturated heterocycles. The molecular formula is C50H57Cl3N10O6S2. The number of nitrogen functional groups attached to an aromatic ring is 1. The highest BCUT2D eigenvalue weighted by atomic mass is 35.5. The van der Waals surface area contributed by atoms with Crippen LogP contribution < -0.4 is 31.2 Å². The van der Waals surface area contributed by atoms with Gasteiger partial charge in [0.15, 0.2) is 31.3 Å². The van der Waals surface area contributed by atoms with Gasteiger partial charge in [0.05, 0.1) is 92.6 Å². The molecule has 0 saturated carbocycles. The molecule has 0 spiro atoms. The van der Waals surface area contributed by atoms with E-state index in [9.17, 15) is 22.1 Å². The van der Waals surface area contributed by atoms with E-state index in [2.05, 4.69) is 48.0 Å². The molecule has 4 aromatic carbocycles. The summed E-state index contributed by atoms with van der Waals surface area (Å²) in [6.45, 7) is 17.8. The van der Waals surface area contributed by atoms with Crippen molar-refractivity contribution < 1.29 is 26.3 Å². The quantitative estimate of drug-likeness (QED) is 0.0585. The normalized spacial score (nSPS) is 11.5. The number of aromatic nitrogens is 4. The third-order valence-electron chi connectivity index (χ3n) is 10.9. The van der Waals surface area contributed by atoms with Crippen LogP contribution >= 0.6 is 34.8 Å². The number of rotatable bonds is 14. The van der Waals surface area contributed by atoms with Gasteiger partial charge in [-0.1, -0.05) is 47.5 Å². The molecular weight excluding hydrogens is 1010 g/mol. The lowest BCUT2D eigenvalue weighted by Crippen LogP contribution is -2.16. The zero-order chi connectivity index (χ0) is 53.2. The second-order valence-electron chi connectivity index (χ2n) is 17.5. The second kappa shape index (κ2) is 23.7. The number of ether oxygens (including phenoxy) is 2. The van der Waals surface area contributed by atoms with Crippen molar-refractivity contribution in [2.75, 3.05) is 35.9 Å². The summed E-state index contributed by atoms with van der Waals surface area (Å²) < 4.78 is 61.0. The van der Waals surface area contributed by atoms with Crippen molar-refractivity contribution in [3.63, 3.8) is 0 Å². The molecule has 0 atom stereocenters. The van der Waals surface area contributed by atoms with Gasteiger partial charge in [-0.15, -0.1) is 0 Å². The van der Waals surface area contributed by atoms with Gasteiger partial charge in [-0.3, -0.25) is 0 Å². The minimum atomic E-state index is -3.54. The van der Waals surface area contributed by atoms with E-state index in [1.54, 1.807) is 84.4 Å². The van der Waals surface area contributed by atoms with Crippen molar-refractivity contribution in [1.29, 1.82) is 10.5 Å². The van der Waals surface area contributed by atoms with Gasteiger partial charge in [-0.05, 0) is 152 Å². The van der Waals surface area contributed by atoms with Gasteiger partial charge in [0.25, 0.3) is 0 Å². The minimum absolute atomic E-state index is 0.0195. The summed E-state index contributed by atoms with van der Waals surface area (Å²) in [4.78, 5) is 16.7. The molecule has 0 unspecified atom stereocenters. The molecule has 5 N–H and O–H groups in total. The minimum Gasteiger partial charge on any atom is -0.495 e. The predicted octanol–water partition coefficient (Wildman–Crippen LogP) is 12.0. The Morgan fingerprint density at radius 2 is 1.04 bits per heavy atom. The summed E-state index contributed by atoms with van der Waals surface area (Å²) in [6, 6.07) is 25.1. The van der Waals surface area contributed by atoms with E-state index in [4.69, 9.17) is 55.3 Å². The molecule has 0 aliphatic carbocycles. The number of methoxy groups -OCH3 is 2. The van der Waals surface area contributed by atoms with Crippen LogP contribution in [0.25, 0.3) is 0 Å². The summed E-state index contributed by atoms with van der Waals surface area (Å²) in [5.41, 5.74) is 10.3. The summed E-state index contributed by atoms with van der Waals surface area (Å²) in [7, 11) is -3.85. The van der Waals surface area contributed by atoms with Crippen LogP contribution in [-0.4, -0.2) is 61.5 Å². The highest BCUT2D eigenvalue weighted by Crippen LogP contribution is 2.38. The van der Waals surface area contributed by atoms with Gasteiger partial charge in [0.2, 0.25) is 11.2 Å². The Kier molecular flexibility index (Phi) is 19.1.